The van der Waals surface area contributed by atoms with E-state index in [0.29, 0.717) is 6.42 Å². The van der Waals surface area contributed by atoms with Gasteiger partial charge >= 0.3 is 0 Å². The Morgan fingerprint density at radius 3 is 2.38 bits per heavy atom. The second kappa shape index (κ2) is 6.86. The first-order valence-electron chi connectivity index (χ1n) is 4.89. The highest BCUT2D eigenvalue weighted by atomic mass is 16.1. The molecule has 1 atom stereocenters. The number of amides is 1. The molecule has 0 aromatic rings. The molecule has 0 radical (unpaired) electrons. The van der Waals surface area contributed by atoms with Crippen molar-refractivity contribution in [3.63, 3.8) is 0 Å². The molecule has 1 unspecified atom stereocenters. The molecule has 0 saturated heterocycles. The molecule has 4 N–H and O–H groups in total. The van der Waals surface area contributed by atoms with Crippen LogP contribution in [0.3, 0.4) is 0 Å². The Kier molecular flexibility index (Phi) is 6.54. The molecule has 0 aliphatic heterocycles. The Balaban J connectivity index is 3.64. The van der Waals surface area contributed by atoms with E-state index in [4.69, 9.17) is 11.5 Å². The van der Waals surface area contributed by atoms with Gasteiger partial charge in [-0.1, -0.05) is 13.8 Å². The summed E-state index contributed by atoms with van der Waals surface area (Å²) in [4.78, 5) is 12.9. The zero-order valence-electron chi connectivity index (χ0n) is 8.62. The standard InChI is InChI=1S/C9H21N3O/c1-3-6-12(4-2)7-5-8(10)9(11)13/h8H,3-7,10H2,1-2H3,(H2,11,13). The predicted octanol–water partition coefficient (Wildman–Crippen LogP) is -0.0790. The van der Waals surface area contributed by atoms with Crippen LogP contribution in [0.25, 0.3) is 0 Å². The number of nitrogens with two attached hydrogens (primary N) is 2. The highest BCUT2D eigenvalue weighted by Gasteiger charge is 2.10. The summed E-state index contributed by atoms with van der Waals surface area (Å²) in [7, 11) is 0. The van der Waals surface area contributed by atoms with Crippen molar-refractivity contribution in [3.05, 3.63) is 0 Å². The molecule has 0 rings (SSSR count). The van der Waals surface area contributed by atoms with Gasteiger partial charge in [0.1, 0.15) is 0 Å². The van der Waals surface area contributed by atoms with Gasteiger partial charge in [0.2, 0.25) is 5.91 Å². The third-order valence-corrected chi connectivity index (χ3v) is 2.11. The minimum atomic E-state index is -0.495. The molecule has 78 valence electrons. The van der Waals surface area contributed by atoms with Gasteiger partial charge in [-0.3, -0.25) is 4.79 Å². The van der Waals surface area contributed by atoms with Gasteiger partial charge < -0.3 is 16.4 Å². The van der Waals surface area contributed by atoms with E-state index in [1.54, 1.807) is 0 Å². The number of hydrogen-bond acceptors (Lipinski definition) is 3. The van der Waals surface area contributed by atoms with Crippen LogP contribution >= 0.6 is 0 Å². The SMILES string of the molecule is CCCN(CC)CCC(N)C(N)=O. The van der Waals surface area contributed by atoms with Crippen LogP contribution in [0.4, 0.5) is 0 Å². The van der Waals surface area contributed by atoms with Gasteiger partial charge in [0.25, 0.3) is 0 Å². The van der Waals surface area contributed by atoms with Crippen LogP contribution in [0.2, 0.25) is 0 Å². The van der Waals surface area contributed by atoms with Crippen molar-refractivity contribution >= 4 is 5.91 Å². The summed E-state index contributed by atoms with van der Waals surface area (Å²) < 4.78 is 0. The fraction of sp³-hybridized carbons (Fsp3) is 0.889. The predicted molar refractivity (Wildman–Crippen MR) is 54.2 cm³/mol. The van der Waals surface area contributed by atoms with E-state index >= 15 is 0 Å². The number of carbonyl (C=O) groups excluding carboxylic acids is 1. The van der Waals surface area contributed by atoms with E-state index in [9.17, 15) is 4.79 Å². The Bertz CT molecular complexity index is 150. The number of carbonyl (C=O) groups is 1. The molecule has 4 nitrogen and oxygen atoms in total. The van der Waals surface area contributed by atoms with Crippen LogP contribution in [-0.4, -0.2) is 36.5 Å². The van der Waals surface area contributed by atoms with Crippen LogP contribution in [0.15, 0.2) is 0 Å². The van der Waals surface area contributed by atoms with E-state index in [1.807, 2.05) is 0 Å². The largest absolute Gasteiger partial charge is 0.368 e. The van der Waals surface area contributed by atoms with Crippen molar-refractivity contribution in [2.75, 3.05) is 19.6 Å². The smallest absolute Gasteiger partial charge is 0.234 e. The first-order chi connectivity index (χ1) is 6.11. The van der Waals surface area contributed by atoms with Crippen molar-refractivity contribution in [1.29, 1.82) is 0 Å². The van der Waals surface area contributed by atoms with Crippen LogP contribution in [0, 0.1) is 0 Å². The van der Waals surface area contributed by atoms with Crippen molar-refractivity contribution in [2.45, 2.75) is 32.7 Å². The molecule has 0 aliphatic rings. The monoisotopic (exact) mass is 187 g/mol. The van der Waals surface area contributed by atoms with Crippen LogP contribution < -0.4 is 11.5 Å². The maximum absolute atomic E-state index is 10.6. The zero-order chi connectivity index (χ0) is 10.3. The molecule has 0 heterocycles. The van der Waals surface area contributed by atoms with Gasteiger partial charge in [-0.25, -0.2) is 0 Å². The summed E-state index contributed by atoms with van der Waals surface area (Å²) in [6.07, 6.45) is 1.78. The molecule has 1 amide bonds. The van der Waals surface area contributed by atoms with E-state index in [0.717, 1.165) is 26.1 Å². The average molecular weight is 187 g/mol. The first-order valence-corrected chi connectivity index (χ1v) is 4.89. The maximum Gasteiger partial charge on any atom is 0.234 e. The Labute approximate surface area is 80.3 Å². The third-order valence-electron chi connectivity index (χ3n) is 2.11. The lowest BCUT2D eigenvalue weighted by Gasteiger charge is -2.20. The summed E-state index contributed by atoms with van der Waals surface area (Å²) in [5, 5.41) is 0. The highest BCUT2D eigenvalue weighted by molar-refractivity contribution is 5.79. The molecule has 0 aromatic carbocycles. The normalized spacial score (nSPS) is 13.2. The lowest BCUT2D eigenvalue weighted by atomic mass is 10.2. The molecule has 0 aliphatic carbocycles. The van der Waals surface area contributed by atoms with Crippen LogP contribution in [0.5, 0.6) is 0 Å². The minimum Gasteiger partial charge on any atom is -0.368 e. The average Bonchev–Trinajstić information content (AvgIpc) is 2.11. The van der Waals surface area contributed by atoms with Crippen molar-refractivity contribution in [1.82, 2.24) is 4.90 Å². The van der Waals surface area contributed by atoms with Gasteiger partial charge in [-0.05, 0) is 25.9 Å². The molecule has 0 spiro atoms. The van der Waals surface area contributed by atoms with Crippen LogP contribution in [-0.2, 0) is 4.79 Å². The van der Waals surface area contributed by atoms with Crippen molar-refractivity contribution in [2.24, 2.45) is 11.5 Å². The topological polar surface area (TPSA) is 72.3 Å². The van der Waals surface area contributed by atoms with Crippen LogP contribution in [0.1, 0.15) is 26.7 Å². The summed E-state index contributed by atoms with van der Waals surface area (Å²) in [5.74, 6) is -0.410. The lowest BCUT2D eigenvalue weighted by Crippen LogP contribution is -2.39. The molecule has 0 bridgehead atoms. The van der Waals surface area contributed by atoms with Gasteiger partial charge in [0, 0.05) is 6.54 Å². The number of nitrogens with zero attached hydrogens (tertiary/aromatic N) is 1. The number of hydrogen-bond donors (Lipinski definition) is 2. The lowest BCUT2D eigenvalue weighted by molar-refractivity contribution is -0.119. The third kappa shape index (κ3) is 5.60. The van der Waals surface area contributed by atoms with E-state index in [-0.39, 0.29) is 0 Å². The number of rotatable bonds is 7. The van der Waals surface area contributed by atoms with Gasteiger partial charge in [0.05, 0.1) is 6.04 Å². The molecule has 4 heteroatoms. The summed E-state index contributed by atoms with van der Waals surface area (Å²) >= 11 is 0. The highest BCUT2D eigenvalue weighted by Crippen LogP contribution is 1.95. The summed E-state index contributed by atoms with van der Waals surface area (Å²) in [5.41, 5.74) is 10.6. The van der Waals surface area contributed by atoms with Gasteiger partial charge in [0.15, 0.2) is 0 Å². The van der Waals surface area contributed by atoms with Crippen molar-refractivity contribution in [3.8, 4) is 0 Å². The van der Waals surface area contributed by atoms with Gasteiger partial charge in [-0.2, -0.15) is 0 Å². The Morgan fingerprint density at radius 2 is 2.00 bits per heavy atom. The molecular weight excluding hydrogens is 166 g/mol. The Hall–Kier alpha value is -0.610. The van der Waals surface area contributed by atoms with Gasteiger partial charge in [-0.15, -0.1) is 0 Å². The second-order valence-electron chi connectivity index (χ2n) is 3.23. The van der Waals surface area contributed by atoms with E-state index in [1.165, 1.54) is 0 Å². The second-order valence-corrected chi connectivity index (χ2v) is 3.23. The quantitative estimate of drug-likeness (QED) is 0.585. The Morgan fingerprint density at radius 1 is 1.38 bits per heavy atom. The number of primary amides is 1. The molecule has 0 saturated carbocycles. The maximum atomic E-state index is 10.6. The molecular formula is C9H21N3O. The fourth-order valence-corrected chi connectivity index (χ4v) is 1.21. The molecule has 0 fully saturated rings. The summed E-state index contributed by atoms with van der Waals surface area (Å²) in [6, 6.07) is -0.495. The van der Waals surface area contributed by atoms with Crippen molar-refractivity contribution < 1.29 is 4.79 Å². The first kappa shape index (κ1) is 12.4. The van der Waals surface area contributed by atoms with E-state index < -0.39 is 11.9 Å². The summed E-state index contributed by atoms with van der Waals surface area (Å²) in [6.45, 7) is 7.15. The fourth-order valence-electron chi connectivity index (χ4n) is 1.21. The minimum absolute atomic E-state index is 0.410. The molecule has 0 aromatic heterocycles. The zero-order valence-corrected chi connectivity index (χ0v) is 8.62. The van der Waals surface area contributed by atoms with E-state index in [2.05, 4.69) is 18.7 Å². The molecule has 13 heavy (non-hydrogen) atoms.